The number of amides is 2. The highest BCUT2D eigenvalue weighted by Crippen LogP contribution is 2.25. The zero-order valence-corrected chi connectivity index (χ0v) is 21.9. The van der Waals surface area contributed by atoms with Gasteiger partial charge in [0.25, 0.3) is 0 Å². The van der Waals surface area contributed by atoms with Gasteiger partial charge in [0.05, 0.1) is 17.5 Å². The van der Waals surface area contributed by atoms with E-state index in [-0.39, 0.29) is 24.4 Å². The summed E-state index contributed by atoms with van der Waals surface area (Å²) >= 11 is 0. The Hall–Kier alpha value is -3.93. The van der Waals surface area contributed by atoms with Crippen molar-refractivity contribution in [2.75, 3.05) is 6.54 Å². The van der Waals surface area contributed by atoms with E-state index in [1.807, 2.05) is 77.4 Å². The second kappa shape index (κ2) is 12.5. The van der Waals surface area contributed by atoms with Crippen LogP contribution < -0.4 is 5.32 Å². The zero-order valence-electron chi connectivity index (χ0n) is 21.9. The summed E-state index contributed by atoms with van der Waals surface area (Å²) in [4.78, 5) is 33.3. The van der Waals surface area contributed by atoms with Crippen LogP contribution in [0.1, 0.15) is 49.1 Å². The van der Waals surface area contributed by atoms with E-state index < -0.39 is 0 Å². The van der Waals surface area contributed by atoms with Gasteiger partial charge in [-0.05, 0) is 36.1 Å². The first-order valence-corrected chi connectivity index (χ1v) is 13.8. The summed E-state index contributed by atoms with van der Waals surface area (Å²) in [6, 6.07) is 28.2. The highest BCUT2D eigenvalue weighted by molar-refractivity contribution is 5.81. The predicted molar refractivity (Wildman–Crippen MR) is 150 cm³/mol. The monoisotopic (exact) mass is 508 g/mol. The number of carbonyl (C=O) groups excluding carboxylic acids is 2. The Morgan fingerprint density at radius 2 is 1.50 bits per heavy atom. The van der Waals surface area contributed by atoms with Crippen LogP contribution >= 0.6 is 0 Å². The lowest BCUT2D eigenvalue weighted by atomic mass is 9.93. The largest absolute Gasteiger partial charge is 0.355 e. The first-order chi connectivity index (χ1) is 18.7. The normalized spacial score (nSPS) is 13.9. The third-order valence-electron chi connectivity index (χ3n) is 7.44. The van der Waals surface area contributed by atoms with Gasteiger partial charge in [-0.3, -0.25) is 9.59 Å². The van der Waals surface area contributed by atoms with Gasteiger partial charge in [0.2, 0.25) is 11.8 Å². The molecule has 1 fully saturated rings. The Balaban J connectivity index is 1.31. The molecule has 196 valence electrons. The van der Waals surface area contributed by atoms with E-state index in [1.54, 1.807) is 0 Å². The minimum atomic E-state index is -0.0127. The molecule has 6 heteroatoms. The summed E-state index contributed by atoms with van der Waals surface area (Å²) in [5.41, 5.74) is 3.97. The van der Waals surface area contributed by atoms with Gasteiger partial charge in [-0.1, -0.05) is 92.1 Å². The number of carbonyl (C=O) groups is 2. The molecule has 4 aromatic rings. The zero-order chi connectivity index (χ0) is 26.2. The Bertz CT molecular complexity index is 1340. The lowest BCUT2D eigenvalue weighted by molar-refractivity contribution is -0.135. The van der Waals surface area contributed by atoms with E-state index >= 15 is 0 Å². The van der Waals surface area contributed by atoms with Crippen molar-refractivity contribution in [1.29, 1.82) is 0 Å². The van der Waals surface area contributed by atoms with Gasteiger partial charge in [0.15, 0.2) is 0 Å². The van der Waals surface area contributed by atoms with Gasteiger partial charge in [-0.25, -0.2) is 4.98 Å². The van der Waals surface area contributed by atoms with Crippen LogP contribution in [0.4, 0.5) is 0 Å². The molecule has 0 radical (unpaired) electrons. The molecule has 1 saturated carbocycles. The molecule has 0 bridgehead atoms. The summed E-state index contributed by atoms with van der Waals surface area (Å²) < 4.78 is 2.04. The number of aromatic nitrogens is 2. The van der Waals surface area contributed by atoms with Gasteiger partial charge in [0, 0.05) is 25.6 Å². The quantitative estimate of drug-likeness (QED) is 0.316. The Labute approximate surface area is 224 Å². The summed E-state index contributed by atoms with van der Waals surface area (Å²) in [7, 11) is 0. The summed E-state index contributed by atoms with van der Waals surface area (Å²) in [6.07, 6.45) is 6.62. The third-order valence-corrected chi connectivity index (χ3v) is 7.44. The second-order valence-electron chi connectivity index (χ2n) is 10.2. The van der Waals surface area contributed by atoms with Crippen LogP contribution in [-0.2, 0) is 35.5 Å². The molecule has 1 N–H and O–H groups in total. The molecule has 2 amide bonds. The van der Waals surface area contributed by atoms with Crippen molar-refractivity contribution >= 4 is 22.8 Å². The van der Waals surface area contributed by atoms with E-state index in [0.29, 0.717) is 25.9 Å². The van der Waals surface area contributed by atoms with Crippen molar-refractivity contribution < 1.29 is 9.59 Å². The molecule has 1 heterocycles. The molecule has 0 saturated heterocycles. The van der Waals surface area contributed by atoms with E-state index in [1.165, 1.54) is 19.3 Å². The van der Waals surface area contributed by atoms with E-state index in [9.17, 15) is 9.59 Å². The molecule has 0 atom stereocenters. The smallest absolute Gasteiger partial charge is 0.243 e. The lowest BCUT2D eigenvalue weighted by Crippen LogP contribution is -2.42. The molecule has 1 aromatic heterocycles. The molecule has 0 unspecified atom stereocenters. The molecule has 1 aliphatic carbocycles. The number of fused-ring (bicyclic) bond motifs is 1. The first kappa shape index (κ1) is 25.7. The molecule has 0 spiro atoms. The number of nitrogens with one attached hydrogen (secondary N) is 1. The molecular weight excluding hydrogens is 472 g/mol. The van der Waals surface area contributed by atoms with Crippen LogP contribution in [-0.4, -0.2) is 38.9 Å². The van der Waals surface area contributed by atoms with Crippen molar-refractivity contribution in [3.05, 3.63) is 102 Å². The van der Waals surface area contributed by atoms with Gasteiger partial charge in [-0.15, -0.1) is 0 Å². The first-order valence-electron chi connectivity index (χ1n) is 13.8. The molecule has 5 rings (SSSR count). The molecule has 38 heavy (non-hydrogen) atoms. The van der Waals surface area contributed by atoms with Crippen molar-refractivity contribution in [1.82, 2.24) is 19.8 Å². The highest BCUT2D eigenvalue weighted by atomic mass is 16.2. The Morgan fingerprint density at radius 3 is 2.24 bits per heavy atom. The molecular formula is C32H36N4O2. The second-order valence-corrected chi connectivity index (χ2v) is 10.2. The van der Waals surface area contributed by atoms with E-state index in [2.05, 4.69) is 22.3 Å². The maximum Gasteiger partial charge on any atom is 0.243 e. The van der Waals surface area contributed by atoms with E-state index in [4.69, 9.17) is 4.98 Å². The fourth-order valence-corrected chi connectivity index (χ4v) is 5.47. The van der Waals surface area contributed by atoms with Crippen molar-refractivity contribution in [3.63, 3.8) is 0 Å². The standard InChI is InChI=1S/C32H36N4O2/c37-31(22-25-12-4-1-5-13-25)33-21-20-30-34-28-18-10-11-19-29(28)36(30)24-32(38)35(27-16-8-3-9-17-27)23-26-14-6-2-7-15-26/h1-2,4-7,10-15,18-19,27H,3,8-9,16-17,20-24H2,(H,33,37). The van der Waals surface area contributed by atoms with Crippen molar-refractivity contribution in [2.45, 2.75) is 64.1 Å². The van der Waals surface area contributed by atoms with Crippen molar-refractivity contribution in [3.8, 4) is 0 Å². The minimum Gasteiger partial charge on any atom is -0.355 e. The molecule has 3 aromatic carbocycles. The van der Waals surface area contributed by atoms with Crippen LogP contribution in [0, 0.1) is 0 Å². The van der Waals surface area contributed by atoms with Crippen LogP contribution in [0.25, 0.3) is 11.0 Å². The average molecular weight is 509 g/mol. The third kappa shape index (κ3) is 6.49. The SMILES string of the molecule is O=C(Cc1ccccc1)NCCc1nc2ccccc2n1CC(=O)N(Cc1ccccc1)C1CCCCC1. The Kier molecular flexibility index (Phi) is 8.49. The van der Waals surface area contributed by atoms with Crippen LogP contribution in [0.2, 0.25) is 0 Å². The summed E-state index contributed by atoms with van der Waals surface area (Å²) in [6.45, 7) is 1.35. The number of benzene rings is 3. The number of para-hydroxylation sites is 2. The van der Waals surface area contributed by atoms with Crippen LogP contribution in [0.3, 0.4) is 0 Å². The minimum absolute atomic E-state index is 0.0127. The highest BCUT2D eigenvalue weighted by Gasteiger charge is 2.27. The maximum atomic E-state index is 13.9. The van der Waals surface area contributed by atoms with Crippen molar-refractivity contribution in [2.24, 2.45) is 0 Å². The fourth-order valence-electron chi connectivity index (χ4n) is 5.47. The number of imidazole rings is 1. The predicted octanol–water partition coefficient (Wildman–Crippen LogP) is 5.30. The van der Waals surface area contributed by atoms with Gasteiger partial charge < -0.3 is 14.8 Å². The Morgan fingerprint density at radius 1 is 0.842 bits per heavy atom. The number of hydrogen-bond donors (Lipinski definition) is 1. The average Bonchev–Trinajstić information content (AvgIpc) is 3.30. The van der Waals surface area contributed by atoms with Gasteiger partial charge in [0.1, 0.15) is 12.4 Å². The summed E-state index contributed by atoms with van der Waals surface area (Å²) in [5, 5.41) is 3.02. The fraction of sp³-hybridized carbons (Fsp3) is 0.344. The van der Waals surface area contributed by atoms with Gasteiger partial charge in [-0.2, -0.15) is 0 Å². The molecule has 6 nitrogen and oxygen atoms in total. The van der Waals surface area contributed by atoms with Crippen LogP contribution in [0.5, 0.6) is 0 Å². The van der Waals surface area contributed by atoms with Crippen LogP contribution in [0.15, 0.2) is 84.9 Å². The number of nitrogens with zero attached hydrogens (tertiary/aromatic N) is 3. The number of hydrogen-bond acceptors (Lipinski definition) is 3. The topological polar surface area (TPSA) is 67.2 Å². The number of rotatable bonds is 10. The van der Waals surface area contributed by atoms with Gasteiger partial charge >= 0.3 is 0 Å². The maximum absolute atomic E-state index is 13.9. The molecule has 1 aliphatic rings. The lowest BCUT2D eigenvalue weighted by Gasteiger charge is -2.35. The summed E-state index contributed by atoms with van der Waals surface area (Å²) in [5.74, 6) is 0.933. The molecule has 0 aliphatic heterocycles. The van der Waals surface area contributed by atoms with E-state index in [0.717, 1.165) is 40.8 Å².